The molecule has 2 aromatic carbocycles. The van der Waals surface area contributed by atoms with E-state index in [0.717, 1.165) is 29.8 Å². The molecule has 8 heteroatoms. The molecule has 170 valence electrons. The second-order valence-corrected chi connectivity index (χ2v) is 8.16. The van der Waals surface area contributed by atoms with Gasteiger partial charge in [-0.25, -0.2) is 4.98 Å². The van der Waals surface area contributed by atoms with E-state index in [-0.39, 0.29) is 18.4 Å². The van der Waals surface area contributed by atoms with Gasteiger partial charge in [-0.05, 0) is 48.5 Å². The largest absolute Gasteiger partial charge is 0.360 e. The minimum atomic E-state index is -0.0567. The molecule has 0 fully saturated rings. The first-order valence-corrected chi connectivity index (χ1v) is 11.4. The maximum atomic E-state index is 12.8. The zero-order chi connectivity index (χ0) is 23.5. The Morgan fingerprint density at radius 2 is 1.94 bits per heavy atom. The number of hydrogen-bond acceptors (Lipinski definition) is 4. The number of benzene rings is 2. The number of thiocarbonyl (C=S) groups is 1. The number of carbonyl (C=O) groups excluding carboxylic acids is 1. The normalized spacial score (nSPS) is 11.3. The van der Waals surface area contributed by atoms with Gasteiger partial charge in [0, 0.05) is 36.7 Å². The van der Waals surface area contributed by atoms with E-state index in [1.54, 1.807) is 24.7 Å². The van der Waals surface area contributed by atoms with Crippen molar-refractivity contribution in [3.63, 3.8) is 0 Å². The van der Waals surface area contributed by atoms with E-state index < -0.39 is 0 Å². The maximum absolute atomic E-state index is 12.8. The van der Waals surface area contributed by atoms with Crippen molar-refractivity contribution in [2.45, 2.75) is 38.8 Å². The highest BCUT2D eigenvalue weighted by Gasteiger charge is 2.15. The third kappa shape index (κ3) is 7.74. The summed E-state index contributed by atoms with van der Waals surface area (Å²) in [4.78, 5) is 17.0. The molecular weight excluding hydrogens is 432 g/mol. The summed E-state index contributed by atoms with van der Waals surface area (Å²) in [7, 11) is 0. The van der Waals surface area contributed by atoms with Crippen molar-refractivity contribution in [3.05, 3.63) is 83.9 Å². The average molecular weight is 461 g/mol. The molecule has 0 aliphatic carbocycles. The van der Waals surface area contributed by atoms with Crippen LogP contribution in [0.25, 0.3) is 0 Å². The minimum absolute atomic E-state index is 0.0343. The summed E-state index contributed by atoms with van der Waals surface area (Å²) in [6.45, 7) is 3.22. The van der Waals surface area contributed by atoms with Crippen LogP contribution in [-0.2, 0) is 17.8 Å². The fraction of sp³-hybridized carbons (Fsp3) is 0.280. The third-order valence-corrected chi connectivity index (χ3v) is 5.37. The summed E-state index contributed by atoms with van der Waals surface area (Å²) < 4.78 is 1.95. The molecule has 0 aliphatic heterocycles. The molecule has 0 saturated heterocycles. The van der Waals surface area contributed by atoms with Crippen molar-refractivity contribution < 1.29 is 4.79 Å². The number of imidazole rings is 1. The lowest BCUT2D eigenvalue weighted by Gasteiger charge is -2.20. The lowest BCUT2D eigenvalue weighted by atomic mass is 10.1. The van der Waals surface area contributed by atoms with Crippen LogP contribution in [0.5, 0.6) is 0 Å². The van der Waals surface area contributed by atoms with Gasteiger partial charge in [0.05, 0.1) is 24.4 Å². The molecule has 0 radical (unpaired) electrons. The van der Waals surface area contributed by atoms with E-state index in [2.05, 4.69) is 33.9 Å². The first-order valence-electron chi connectivity index (χ1n) is 10.9. The van der Waals surface area contributed by atoms with Crippen molar-refractivity contribution in [1.29, 1.82) is 5.26 Å². The molecule has 3 aromatic rings. The van der Waals surface area contributed by atoms with Gasteiger partial charge < -0.3 is 20.5 Å². The Morgan fingerprint density at radius 1 is 1.18 bits per heavy atom. The van der Waals surface area contributed by atoms with Gasteiger partial charge in [0.25, 0.3) is 0 Å². The van der Waals surface area contributed by atoms with Gasteiger partial charge in [0.1, 0.15) is 0 Å². The third-order valence-electron chi connectivity index (χ3n) is 5.12. The van der Waals surface area contributed by atoms with Crippen molar-refractivity contribution in [3.8, 4) is 6.07 Å². The standard InChI is InChI=1S/C25H28N6OS/c1-2-6-22(15-28-25(33)30-21-7-4-3-5-8-21)29-24(32)13-23-16-27-18-31(23)17-20-11-9-19(14-26)10-12-20/h3-5,7-12,16,18,22H,2,6,13,15,17H2,1H3,(H,29,32)(H2,28,30,33)/t22-/m0/s1. The number of hydrogen-bond donors (Lipinski definition) is 3. The molecule has 0 unspecified atom stereocenters. The van der Waals surface area contributed by atoms with E-state index in [0.29, 0.717) is 23.8 Å². The van der Waals surface area contributed by atoms with E-state index in [9.17, 15) is 4.79 Å². The number of nitrogens with one attached hydrogen (secondary N) is 3. The van der Waals surface area contributed by atoms with E-state index in [1.807, 2.05) is 47.0 Å². The zero-order valence-electron chi connectivity index (χ0n) is 18.6. The molecule has 1 amide bonds. The number of carbonyl (C=O) groups is 1. The highest BCUT2D eigenvalue weighted by Crippen LogP contribution is 2.09. The number of nitrogens with zero attached hydrogens (tertiary/aromatic N) is 3. The molecule has 1 aromatic heterocycles. The van der Waals surface area contributed by atoms with Crippen LogP contribution in [0, 0.1) is 11.3 Å². The van der Waals surface area contributed by atoms with Crippen LogP contribution in [0.4, 0.5) is 5.69 Å². The van der Waals surface area contributed by atoms with Crippen LogP contribution < -0.4 is 16.0 Å². The lowest BCUT2D eigenvalue weighted by molar-refractivity contribution is -0.121. The van der Waals surface area contributed by atoms with Gasteiger partial charge in [0.15, 0.2) is 5.11 Å². The van der Waals surface area contributed by atoms with Crippen molar-refractivity contribution in [1.82, 2.24) is 20.2 Å². The molecule has 3 N–H and O–H groups in total. The molecule has 3 rings (SSSR count). The highest BCUT2D eigenvalue weighted by molar-refractivity contribution is 7.80. The van der Waals surface area contributed by atoms with Gasteiger partial charge in [-0.1, -0.05) is 43.7 Å². The van der Waals surface area contributed by atoms with Crippen molar-refractivity contribution in [2.75, 3.05) is 11.9 Å². The second-order valence-electron chi connectivity index (χ2n) is 7.75. The predicted molar refractivity (Wildman–Crippen MR) is 134 cm³/mol. The fourth-order valence-electron chi connectivity index (χ4n) is 3.45. The Hall–Kier alpha value is -3.70. The van der Waals surface area contributed by atoms with E-state index >= 15 is 0 Å². The number of amides is 1. The first kappa shape index (κ1) is 24.0. The second kappa shape index (κ2) is 12.4. The minimum Gasteiger partial charge on any atom is -0.360 e. The molecule has 1 heterocycles. The van der Waals surface area contributed by atoms with Gasteiger partial charge in [-0.3, -0.25) is 4.79 Å². The first-order chi connectivity index (χ1) is 16.1. The summed E-state index contributed by atoms with van der Waals surface area (Å²) in [5.41, 5.74) is 3.42. The highest BCUT2D eigenvalue weighted by atomic mass is 32.1. The molecule has 0 bridgehead atoms. The number of nitriles is 1. The molecule has 1 atom stereocenters. The van der Waals surface area contributed by atoms with Crippen LogP contribution in [0.1, 0.15) is 36.6 Å². The van der Waals surface area contributed by atoms with Crippen molar-refractivity contribution >= 4 is 28.9 Å². The van der Waals surface area contributed by atoms with Crippen LogP contribution in [-0.4, -0.2) is 33.2 Å². The van der Waals surface area contributed by atoms with Gasteiger partial charge >= 0.3 is 0 Å². The van der Waals surface area contributed by atoms with Crippen LogP contribution in [0.2, 0.25) is 0 Å². The SMILES string of the molecule is CCC[C@@H](CNC(=S)Nc1ccccc1)NC(=O)Cc1cncn1Cc1ccc(C#N)cc1. The van der Waals surface area contributed by atoms with Gasteiger partial charge in [-0.15, -0.1) is 0 Å². The molecule has 0 spiro atoms. The summed E-state index contributed by atoms with van der Waals surface area (Å²) in [6, 6.07) is 19.2. The lowest BCUT2D eigenvalue weighted by Crippen LogP contribution is -2.45. The number of anilines is 1. The summed E-state index contributed by atoms with van der Waals surface area (Å²) in [5, 5.41) is 18.9. The fourth-order valence-corrected chi connectivity index (χ4v) is 3.65. The number of aromatic nitrogens is 2. The Kier molecular flexibility index (Phi) is 8.98. The average Bonchev–Trinajstić information content (AvgIpc) is 3.25. The molecule has 0 saturated carbocycles. The molecular formula is C25H28N6OS. The molecule has 33 heavy (non-hydrogen) atoms. The number of para-hydroxylation sites is 1. The Labute approximate surface area is 199 Å². The van der Waals surface area contributed by atoms with Crippen LogP contribution in [0.15, 0.2) is 67.1 Å². The van der Waals surface area contributed by atoms with Crippen LogP contribution in [0.3, 0.4) is 0 Å². The van der Waals surface area contributed by atoms with E-state index in [4.69, 9.17) is 17.5 Å². The monoisotopic (exact) mass is 460 g/mol. The van der Waals surface area contributed by atoms with Gasteiger partial charge in [0.2, 0.25) is 5.91 Å². The Bertz CT molecular complexity index is 1090. The number of rotatable bonds is 10. The maximum Gasteiger partial charge on any atom is 0.226 e. The summed E-state index contributed by atoms with van der Waals surface area (Å²) >= 11 is 5.38. The molecule has 7 nitrogen and oxygen atoms in total. The molecule has 0 aliphatic rings. The van der Waals surface area contributed by atoms with Crippen LogP contribution >= 0.6 is 12.2 Å². The smallest absolute Gasteiger partial charge is 0.226 e. The quantitative estimate of drug-likeness (QED) is 0.400. The Balaban J connectivity index is 1.52. The summed E-state index contributed by atoms with van der Waals surface area (Å²) in [6.07, 6.45) is 5.47. The summed E-state index contributed by atoms with van der Waals surface area (Å²) in [5.74, 6) is -0.0567. The van der Waals surface area contributed by atoms with Crippen molar-refractivity contribution in [2.24, 2.45) is 0 Å². The van der Waals surface area contributed by atoms with Gasteiger partial charge in [-0.2, -0.15) is 5.26 Å². The van der Waals surface area contributed by atoms with E-state index in [1.165, 1.54) is 0 Å². The Morgan fingerprint density at radius 3 is 2.64 bits per heavy atom. The predicted octanol–water partition coefficient (Wildman–Crippen LogP) is 3.62. The topological polar surface area (TPSA) is 94.8 Å². The zero-order valence-corrected chi connectivity index (χ0v) is 19.4.